The molecule has 2 saturated carbocycles. The smallest absolute Gasteiger partial charge is 0.410 e. The Hall–Kier alpha value is -2.52. The first-order chi connectivity index (χ1) is 15.6. The van der Waals surface area contributed by atoms with Gasteiger partial charge < -0.3 is 29.5 Å². The van der Waals surface area contributed by atoms with E-state index in [0.717, 1.165) is 12.8 Å². The maximum absolute atomic E-state index is 11.9. The quantitative estimate of drug-likeness (QED) is 0.608. The lowest BCUT2D eigenvalue weighted by Crippen LogP contribution is -2.64. The van der Waals surface area contributed by atoms with Crippen LogP contribution in [0, 0.1) is 11.8 Å². The van der Waals surface area contributed by atoms with Gasteiger partial charge in [-0.3, -0.25) is 9.59 Å². The molecule has 6 fully saturated rings. The molecule has 0 aromatic rings. The number of piperidine rings is 2. The molecule has 0 spiro atoms. The van der Waals surface area contributed by atoms with Gasteiger partial charge >= 0.3 is 24.1 Å². The molecule has 6 aliphatic rings. The molecule has 6 atom stereocenters. The second-order valence-electron chi connectivity index (χ2n) is 11.9. The normalized spacial score (nSPS) is 31.7. The Morgan fingerprint density at radius 1 is 0.588 bits per heavy atom. The van der Waals surface area contributed by atoms with Crippen molar-refractivity contribution in [1.82, 2.24) is 9.80 Å². The van der Waals surface area contributed by atoms with Crippen LogP contribution in [0.15, 0.2) is 0 Å². The maximum atomic E-state index is 11.9. The summed E-state index contributed by atoms with van der Waals surface area (Å²) in [5, 5.41) is 17.9. The van der Waals surface area contributed by atoms with Crippen molar-refractivity contribution < 1.29 is 38.9 Å². The molecule has 34 heavy (non-hydrogen) atoms. The van der Waals surface area contributed by atoms with Gasteiger partial charge in [0.15, 0.2) is 0 Å². The number of ether oxygens (including phenoxy) is 2. The number of carboxylic acid groups (broad SMARTS) is 2. The first kappa shape index (κ1) is 26.1. The van der Waals surface area contributed by atoms with Crippen molar-refractivity contribution in [2.24, 2.45) is 11.8 Å². The Morgan fingerprint density at radius 2 is 0.853 bits per heavy atom. The molecule has 10 heteroatoms. The Kier molecular flexibility index (Phi) is 7.11. The predicted octanol–water partition coefficient (Wildman–Crippen LogP) is 3.72. The van der Waals surface area contributed by atoms with E-state index in [9.17, 15) is 19.2 Å². The zero-order valence-electron chi connectivity index (χ0n) is 20.9. The van der Waals surface area contributed by atoms with Gasteiger partial charge in [0.2, 0.25) is 0 Å². The third-order valence-corrected chi connectivity index (χ3v) is 6.80. The molecule has 10 nitrogen and oxygen atoms in total. The Balaban J connectivity index is 0.000000191. The summed E-state index contributed by atoms with van der Waals surface area (Å²) in [6, 6.07) is 0.240. The SMILES string of the molecule is CC(C)(C)OC(=O)N1[C@@H]2CC(C(=O)O)C[C@H]1C2.CC(C)(C)OC(=O)N1[C@@H]2CC(C(=O)O)C[C@H]1C2. The van der Waals surface area contributed by atoms with Crippen LogP contribution in [0.5, 0.6) is 0 Å². The summed E-state index contributed by atoms with van der Waals surface area (Å²) in [4.78, 5) is 49.0. The topological polar surface area (TPSA) is 134 Å². The lowest BCUT2D eigenvalue weighted by Gasteiger charge is -2.54. The molecule has 4 heterocycles. The van der Waals surface area contributed by atoms with Gasteiger partial charge in [-0.25, -0.2) is 9.59 Å². The summed E-state index contributed by atoms with van der Waals surface area (Å²) >= 11 is 0. The molecule has 0 radical (unpaired) electrons. The average Bonchev–Trinajstić information content (AvgIpc) is 2.65. The standard InChI is InChI=1S/2C12H19NO4/c2*1-12(2,3)17-11(16)13-8-4-7(10(14)15)5-9(13)6-8/h2*7-9H,4-6H2,1-3H3,(H,14,15)/t2*7?,8-,9+. The van der Waals surface area contributed by atoms with Gasteiger partial charge in [0, 0.05) is 24.2 Å². The number of amides is 2. The number of aliphatic carboxylic acids is 2. The highest BCUT2D eigenvalue weighted by atomic mass is 16.6. The maximum Gasteiger partial charge on any atom is 0.410 e. The Bertz CT molecular complexity index is 738. The summed E-state index contributed by atoms with van der Waals surface area (Å²) in [6.45, 7) is 11.0. The van der Waals surface area contributed by atoms with Crippen molar-refractivity contribution in [2.45, 2.75) is 115 Å². The Morgan fingerprint density at radius 3 is 1.06 bits per heavy atom. The number of fused-ring (bicyclic) bond motifs is 4. The van der Waals surface area contributed by atoms with Crippen molar-refractivity contribution in [3.05, 3.63) is 0 Å². The van der Waals surface area contributed by atoms with Crippen LogP contribution in [0.3, 0.4) is 0 Å². The highest BCUT2D eigenvalue weighted by Gasteiger charge is 2.51. The van der Waals surface area contributed by atoms with Gasteiger partial charge in [-0.05, 0) is 80.1 Å². The minimum absolute atomic E-state index is 0.0599. The number of hydrogen-bond acceptors (Lipinski definition) is 6. The summed E-state index contributed by atoms with van der Waals surface area (Å²) < 4.78 is 10.6. The highest BCUT2D eigenvalue weighted by Crippen LogP contribution is 2.43. The van der Waals surface area contributed by atoms with Crippen molar-refractivity contribution in [3.8, 4) is 0 Å². The van der Waals surface area contributed by atoms with Crippen LogP contribution in [-0.4, -0.2) is 79.5 Å². The molecule has 2 unspecified atom stereocenters. The fourth-order valence-electron chi connectivity index (χ4n) is 5.38. The fourth-order valence-corrected chi connectivity index (χ4v) is 5.38. The van der Waals surface area contributed by atoms with Crippen molar-refractivity contribution >= 4 is 24.1 Å². The highest BCUT2D eigenvalue weighted by molar-refractivity contribution is 5.74. The van der Waals surface area contributed by atoms with Crippen LogP contribution in [-0.2, 0) is 19.1 Å². The van der Waals surface area contributed by atoms with Crippen LogP contribution in [0.1, 0.15) is 80.1 Å². The molecule has 2 N–H and O–H groups in total. The minimum atomic E-state index is -0.747. The third-order valence-electron chi connectivity index (χ3n) is 6.80. The monoisotopic (exact) mass is 482 g/mol. The molecule has 0 aromatic heterocycles. The van der Waals surface area contributed by atoms with Crippen molar-refractivity contribution in [3.63, 3.8) is 0 Å². The van der Waals surface area contributed by atoms with E-state index >= 15 is 0 Å². The Labute approximate surface area is 200 Å². The van der Waals surface area contributed by atoms with E-state index < -0.39 is 23.1 Å². The van der Waals surface area contributed by atoms with E-state index in [1.54, 1.807) is 9.80 Å². The van der Waals surface area contributed by atoms with Crippen LogP contribution in [0.2, 0.25) is 0 Å². The van der Waals surface area contributed by atoms with Gasteiger partial charge in [0.05, 0.1) is 11.8 Å². The largest absolute Gasteiger partial charge is 0.481 e. The lowest BCUT2D eigenvalue weighted by atomic mass is 9.74. The van der Waals surface area contributed by atoms with E-state index in [1.807, 2.05) is 41.5 Å². The second kappa shape index (κ2) is 9.26. The molecule has 192 valence electrons. The predicted molar refractivity (Wildman–Crippen MR) is 121 cm³/mol. The van der Waals surface area contributed by atoms with Crippen molar-refractivity contribution in [2.75, 3.05) is 0 Å². The van der Waals surface area contributed by atoms with Crippen LogP contribution in [0.25, 0.3) is 0 Å². The van der Waals surface area contributed by atoms with Crippen molar-refractivity contribution in [1.29, 1.82) is 0 Å². The molecule has 6 rings (SSSR count). The third kappa shape index (κ3) is 5.93. The van der Waals surface area contributed by atoms with Gasteiger partial charge in [-0.2, -0.15) is 0 Å². The number of nitrogens with zero attached hydrogens (tertiary/aromatic N) is 2. The van der Waals surface area contributed by atoms with E-state index in [-0.39, 0.29) is 48.2 Å². The zero-order valence-corrected chi connectivity index (χ0v) is 20.9. The van der Waals surface area contributed by atoms with Crippen LogP contribution < -0.4 is 0 Å². The lowest BCUT2D eigenvalue weighted by molar-refractivity contribution is -0.150. The van der Waals surface area contributed by atoms with E-state index in [1.165, 1.54) is 0 Å². The van der Waals surface area contributed by atoms with E-state index in [2.05, 4.69) is 0 Å². The fraction of sp³-hybridized carbons (Fsp3) is 0.833. The van der Waals surface area contributed by atoms with Crippen LogP contribution >= 0.6 is 0 Å². The summed E-state index contributed by atoms with van der Waals surface area (Å²) in [5.41, 5.74) is -0.986. The zero-order chi connectivity index (χ0) is 25.6. The number of hydrogen-bond donors (Lipinski definition) is 2. The number of rotatable bonds is 2. The summed E-state index contributed by atoms with van der Waals surface area (Å²) in [5.74, 6) is -2.08. The first-order valence-corrected chi connectivity index (χ1v) is 12.0. The minimum Gasteiger partial charge on any atom is -0.481 e. The average molecular weight is 483 g/mol. The summed E-state index contributed by atoms with van der Waals surface area (Å²) in [6.07, 6.45) is 3.48. The van der Waals surface area contributed by atoms with Gasteiger partial charge in [-0.15, -0.1) is 0 Å². The van der Waals surface area contributed by atoms with Crippen LogP contribution in [0.4, 0.5) is 9.59 Å². The molecule has 4 saturated heterocycles. The molecule has 4 aliphatic heterocycles. The van der Waals surface area contributed by atoms with Gasteiger partial charge in [0.1, 0.15) is 11.2 Å². The van der Waals surface area contributed by atoms with E-state index in [0.29, 0.717) is 25.7 Å². The first-order valence-electron chi connectivity index (χ1n) is 12.0. The molecular formula is C24H38N2O8. The number of carbonyl (C=O) groups is 4. The molecule has 0 aromatic carbocycles. The van der Waals surface area contributed by atoms with Gasteiger partial charge in [-0.1, -0.05) is 0 Å². The molecular weight excluding hydrogens is 444 g/mol. The number of carbonyl (C=O) groups excluding carboxylic acids is 2. The molecule has 2 amide bonds. The van der Waals surface area contributed by atoms with E-state index in [4.69, 9.17) is 19.7 Å². The van der Waals surface area contributed by atoms with Gasteiger partial charge in [0.25, 0.3) is 0 Å². The molecule has 4 bridgehead atoms. The summed E-state index contributed by atoms with van der Waals surface area (Å²) in [7, 11) is 0. The second-order valence-corrected chi connectivity index (χ2v) is 11.9. The molecule has 2 aliphatic carbocycles. The number of carboxylic acids is 2.